The van der Waals surface area contributed by atoms with Crippen molar-refractivity contribution in [2.45, 2.75) is 50.0 Å². The van der Waals surface area contributed by atoms with Crippen molar-refractivity contribution in [2.75, 3.05) is 5.73 Å². The van der Waals surface area contributed by atoms with Gasteiger partial charge >= 0.3 is 0 Å². The Labute approximate surface area is 107 Å². The van der Waals surface area contributed by atoms with Gasteiger partial charge in [-0.05, 0) is 32.9 Å². The Bertz CT molecular complexity index is 366. The van der Waals surface area contributed by atoms with Crippen LogP contribution in [0.3, 0.4) is 0 Å². The van der Waals surface area contributed by atoms with Crippen LogP contribution in [0.1, 0.15) is 27.7 Å². The van der Waals surface area contributed by atoms with Crippen LogP contribution in [0, 0.1) is 0 Å². The van der Waals surface area contributed by atoms with Crippen LogP contribution >= 0.6 is 11.8 Å². The summed E-state index contributed by atoms with van der Waals surface area (Å²) < 4.78 is 5.62. The van der Waals surface area contributed by atoms with Gasteiger partial charge in [0.1, 0.15) is 5.75 Å². The van der Waals surface area contributed by atoms with Crippen LogP contribution in [0.4, 0.5) is 5.69 Å². The van der Waals surface area contributed by atoms with E-state index in [1.165, 1.54) is 0 Å². The van der Waals surface area contributed by atoms with E-state index in [1.54, 1.807) is 18.7 Å². The SMILES string of the molecule is CC(C)Oc1cc(N)cc(SC(C)C(C)O)c1. The Morgan fingerprint density at radius 2 is 1.82 bits per heavy atom. The summed E-state index contributed by atoms with van der Waals surface area (Å²) in [7, 11) is 0. The topological polar surface area (TPSA) is 55.5 Å². The van der Waals surface area contributed by atoms with Crippen LogP contribution in [-0.2, 0) is 0 Å². The van der Waals surface area contributed by atoms with Gasteiger partial charge in [0.25, 0.3) is 0 Å². The lowest BCUT2D eigenvalue weighted by atomic mass is 10.3. The first-order chi connectivity index (χ1) is 7.88. The van der Waals surface area contributed by atoms with Gasteiger partial charge < -0.3 is 15.6 Å². The third-order valence-corrected chi connectivity index (χ3v) is 3.55. The van der Waals surface area contributed by atoms with E-state index in [2.05, 4.69) is 0 Å². The van der Waals surface area contributed by atoms with Gasteiger partial charge in [-0.3, -0.25) is 0 Å². The van der Waals surface area contributed by atoms with E-state index in [4.69, 9.17) is 10.5 Å². The van der Waals surface area contributed by atoms with Gasteiger partial charge in [0.2, 0.25) is 0 Å². The minimum Gasteiger partial charge on any atom is -0.491 e. The Hall–Kier alpha value is -0.870. The molecule has 0 aliphatic rings. The molecule has 0 bridgehead atoms. The third kappa shape index (κ3) is 4.88. The largest absolute Gasteiger partial charge is 0.491 e. The molecule has 0 amide bonds. The number of benzene rings is 1. The number of nitrogens with two attached hydrogens (primary N) is 1. The van der Waals surface area contributed by atoms with Crippen LogP contribution < -0.4 is 10.5 Å². The van der Waals surface area contributed by atoms with Gasteiger partial charge in [-0.15, -0.1) is 11.8 Å². The van der Waals surface area contributed by atoms with Gasteiger partial charge in [0.05, 0.1) is 12.2 Å². The molecule has 96 valence electrons. The second-order valence-corrected chi connectivity index (χ2v) is 5.92. The normalized spacial score (nSPS) is 14.7. The molecule has 0 saturated heterocycles. The fourth-order valence-corrected chi connectivity index (χ4v) is 2.33. The van der Waals surface area contributed by atoms with Crippen molar-refractivity contribution in [3.8, 4) is 5.75 Å². The highest BCUT2D eigenvalue weighted by atomic mass is 32.2. The molecule has 3 nitrogen and oxygen atoms in total. The molecule has 0 saturated carbocycles. The predicted octanol–water partition coefficient (Wildman–Crippen LogP) is 2.92. The molecule has 17 heavy (non-hydrogen) atoms. The average Bonchev–Trinajstić information content (AvgIpc) is 2.14. The van der Waals surface area contributed by atoms with Crippen molar-refractivity contribution < 1.29 is 9.84 Å². The third-order valence-electron chi connectivity index (χ3n) is 2.28. The van der Waals surface area contributed by atoms with E-state index in [-0.39, 0.29) is 17.5 Å². The second-order valence-electron chi connectivity index (χ2n) is 4.47. The lowest BCUT2D eigenvalue weighted by Crippen LogP contribution is -2.14. The van der Waals surface area contributed by atoms with Crippen molar-refractivity contribution in [2.24, 2.45) is 0 Å². The smallest absolute Gasteiger partial charge is 0.122 e. The van der Waals surface area contributed by atoms with Crippen LogP contribution in [0.15, 0.2) is 23.1 Å². The van der Waals surface area contributed by atoms with Crippen LogP contribution in [0.25, 0.3) is 0 Å². The molecule has 0 radical (unpaired) electrons. The summed E-state index contributed by atoms with van der Waals surface area (Å²) in [6.07, 6.45) is -0.222. The molecule has 2 unspecified atom stereocenters. The number of aliphatic hydroxyl groups is 1. The maximum absolute atomic E-state index is 9.48. The monoisotopic (exact) mass is 255 g/mol. The molecule has 1 aromatic rings. The summed E-state index contributed by atoms with van der Waals surface area (Å²) >= 11 is 1.60. The zero-order valence-electron chi connectivity index (χ0n) is 10.8. The van der Waals surface area contributed by atoms with Crippen molar-refractivity contribution in [3.05, 3.63) is 18.2 Å². The number of rotatable bonds is 5. The highest BCUT2D eigenvalue weighted by molar-refractivity contribution is 8.00. The Balaban J connectivity index is 2.82. The Kier molecular flexibility index (Phi) is 5.15. The summed E-state index contributed by atoms with van der Waals surface area (Å²) in [5, 5.41) is 9.61. The number of nitrogen functional groups attached to an aromatic ring is 1. The van der Waals surface area contributed by atoms with Crippen LogP contribution in [-0.4, -0.2) is 22.6 Å². The van der Waals surface area contributed by atoms with E-state index >= 15 is 0 Å². The molecule has 4 heteroatoms. The molecule has 3 N–H and O–H groups in total. The zero-order chi connectivity index (χ0) is 13.0. The van der Waals surface area contributed by atoms with Gasteiger partial charge in [-0.1, -0.05) is 6.92 Å². The summed E-state index contributed by atoms with van der Waals surface area (Å²) in [6, 6.07) is 5.67. The van der Waals surface area contributed by atoms with Crippen molar-refractivity contribution in [1.29, 1.82) is 0 Å². The maximum atomic E-state index is 9.48. The summed E-state index contributed by atoms with van der Waals surface area (Å²) in [6.45, 7) is 7.74. The lowest BCUT2D eigenvalue weighted by Gasteiger charge is -2.16. The summed E-state index contributed by atoms with van der Waals surface area (Å²) in [4.78, 5) is 1.02. The molecule has 0 aliphatic carbocycles. The molecular formula is C13H21NO2S. The first-order valence-electron chi connectivity index (χ1n) is 5.80. The van der Waals surface area contributed by atoms with Gasteiger partial charge in [0.15, 0.2) is 0 Å². The standard InChI is InChI=1S/C13H21NO2S/c1-8(2)16-12-5-11(14)6-13(7-12)17-10(4)9(3)15/h5-10,15H,14H2,1-4H3. The van der Waals surface area contributed by atoms with Gasteiger partial charge in [-0.25, -0.2) is 0 Å². The molecule has 0 aromatic heterocycles. The van der Waals surface area contributed by atoms with Crippen LogP contribution in [0.5, 0.6) is 5.75 Å². The zero-order valence-corrected chi connectivity index (χ0v) is 11.6. The van der Waals surface area contributed by atoms with Gasteiger partial charge in [0, 0.05) is 21.9 Å². The summed E-state index contributed by atoms with van der Waals surface area (Å²) in [5.41, 5.74) is 6.51. The number of ether oxygens (including phenoxy) is 1. The molecule has 0 fully saturated rings. The maximum Gasteiger partial charge on any atom is 0.122 e. The second kappa shape index (κ2) is 6.17. The van der Waals surface area contributed by atoms with Crippen molar-refractivity contribution in [3.63, 3.8) is 0 Å². The van der Waals surface area contributed by atoms with Crippen LogP contribution in [0.2, 0.25) is 0 Å². The molecule has 1 rings (SSSR count). The number of aliphatic hydroxyl groups excluding tert-OH is 1. The minimum atomic E-state index is -0.351. The fourth-order valence-electron chi connectivity index (χ4n) is 1.32. The molecular weight excluding hydrogens is 234 g/mol. The van der Waals surface area contributed by atoms with Gasteiger partial charge in [-0.2, -0.15) is 0 Å². The van der Waals surface area contributed by atoms with E-state index in [0.717, 1.165) is 10.6 Å². The Morgan fingerprint density at radius 1 is 1.18 bits per heavy atom. The molecule has 0 aliphatic heterocycles. The highest BCUT2D eigenvalue weighted by Crippen LogP contribution is 2.31. The molecule has 0 spiro atoms. The predicted molar refractivity (Wildman–Crippen MR) is 73.6 cm³/mol. The molecule has 1 aromatic carbocycles. The number of thioether (sulfide) groups is 1. The van der Waals surface area contributed by atoms with E-state index in [0.29, 0.717) is 5.69 Å². The summed E-state index contributed by atoms with van der Waals surface area (Å²) in [5.74, 6) is 0.778. The quantitative estimate of drug-likeness (QED) is 0.627. The highest BCUT2D eigenvalue weighted by Gasteiger charge is 2.11. The van der Waals surface area contributed by atoms with E-state index in [1.807, 2.05) is 39.0 Å². The van der Waals surface area contributed by atoms with Crippen molar-refractivity contribution in [1.82, 2.24) is 0 Å². The fraction of sp³-hybridized carbons (Fsp3) is 0.538. The number of anilines is 1. The number of hydrogen-bond acceptors (Lipinski definition) is 4. The molecule has 2 atom stereocenters. The number of hydrogen-bond donors (Lipinski definition) is 2. The average molecular weight is 255 g/mol. The van der Waals surface area contributed by atoms with E-state index < -0.39 is 0 Å². The minimum absolute atomic E-state index is 0.128. The Morgan fingerprint density at radius 3 is 2.35 bits per heavy atom. The first kappa shape index (κ1) is 14.2. The van der Waals surface area contributed by atoms with E-state index in [9.17, 15) is 5.11 Å². The molecule has 0 heterocycles. The lowest BCUT2D eigenvalue weighted by molar-refractivity contribution is 0.196. The van der Waals surface area contributed by atoms with Crippen molar-refractivity contribution >= 4 is 17.4 Å². The first-order valence-corrected chi connectivity index (χ1v) is 6.68.